The SMILES string of the molecule is CCO[C@H]1COCCN1C.Cl. The van der Waals surface area contributed by atoms with E-state index in [1.54, 1.807) is 0 Å². The lowest BCUT2D eigenvalue weighted by atomic mass is 10.4. The molecule has 1 aliphatic heterocycles. The third kappa shape index (κ3) is 3.38. The maximum absolute atomic E-state index is 5.40. The first-order valence-corrected chi connectivity index (χ1v) is 3.74. The van der Waals surface area contributed by atoms with Gasteiger partial charge in [-0.2, -0.15) is 0 Å². The van der Waals surface area contributed by atoms with Crippen molar-refractivity contribution in [3.8, 4) is 0 Å². The fourth-order valence-corrected chi connectivity index (χ4v) is 1.03. The van der Waals surface area contributed by atoms with Crippen molar-refractivity contribution >= 4 is 12.4 Å². The Balaban J connectivity index is 0.000001000. The maximum Gasteiger partial charge on any atom is 0.134 e. The summed E-state index contributed by atoms with van der Waals surface area (Å²) in [7, 11) is 2.06. The number of likely N-dealkylation sites (N-methyl/N-ethyl adjacent to an activating group) is 1. The molecule has 68 valence electrons. The van der Waals surface area contributed by atoms with E-state index in [0.29, 0.717) is 6.61 Å². The standard InChI is InChI=1S/C7H15NO2.ClH/c1-3-10-7-6-9-5-4-8(7)2;/h7H,3-6H2,1-2H3;1H/t7-;/m0./s1. The minimum atomic E-state index is 0. The number of hydrogen-bond donors (Lipinski definition) is 0. The zero-order valence-corrected chi connectivity index (χ0v) is 7.89. The first-order chi connectivity index (χ1) is 4.84. The van der Waals surface area contributed by atoms with Crippen LogP contribution < -0.4 is 0 Å². The molecule has 4 heteroatoms. The number of ether oxygens (including phenoxy) is 2. The molecule has 0 spiro atoms. The summed E-state index contributed by atoms with van der Waals surface area (Å²) in [6.45, 7) is 5.29. The van der Waals surface area contributed by atoms with Gasteiger partial charge in [0.2, 0.25) is 0 Å². The lowest BCUT2D eigenvalue weighted by Gasteiger charge is -2.31. The summed E-state index contributed by atoms with van der Waals surface area (Å²) in [6, 6.07) is 0. The highest BCUT2D eigenvalue weighted by Gasteiger charge is 2.18. The van der Waals surface area contributed by atoms with Crippen LogP contribution in [0, 0.1) is 0 Å². The summed E-state index contributed by atoms with van der Waals surface area (Å²) < 4.78 is 10.6. The summed E-state index contributed by atoms with van der Waals surface area (Å²) in [5.74, 6) is 0. The predicted octanol–water partition coefficient (Wildman–Crippen LogP) is 0.733. The first-order valence-electron chi connectivity index (χ1n) is 3.74. The Morgan fingerprint density at radius 3 is 2.91 bits per heavy atom. The van der Waals surface area contributed by atoms with Gasteiger partial charge in [0.05, 0.1) is 13.2 Å². The lowest BCUT2D eigenvalue weighted by molar-refractivity contribution is -0.126. The Morgan fingerprint density at radius 1 is 1.64 bits per heavy atom. The third-order valence-corrected chi connectivity index (χ3v) is 1.70. The minimum Gasteiger partial charge on any atom is -0.376 e. The van der Waals surface area contributed by atoms with Gasteiger partial charge >= 0.3 is 0 Å². The van der Waals surface area contributed by atoms with Gasteiger partial charge in [-0.15, -0.1) is 12.4 Å². The normalized spacial score (nSPS) is 26.2. The average molecular weight is 182 g/mol. The summed E-state index contributed by atoms with van der Waals surface area (Å²) >= 11 is 0. The van der Waals surface area contributed by atoms with Gasteiger partial charge in [0.25, 0.3) is 0 Å². The Bertz CT molecular complexity index is 100. The number of nitrogens with zero attached hydrogens (tertiary/aromatic N) is 1. The van der Waals surface area contributed by atoms with Crippen molar-refractivity contribution in [1.82, 2.24) is 4.90 Å². The van der Waals surface area contributed by atoms with Crippen LogP contribution >= 0.6 is 12.4 Å². The van der Waals surface area contributed by atoms with Crippen molar-refractivity contribution in [3.63, 3.8) is 0 Å². The molecule has 1 rings (SSSR count). The first kappa shape index (κ1) is 11.2. The molecule has 1 aliphatic rings. The zero-order chi connectivity index (χ0) is 7.40. The van der Waals surface area contributed by atoms with E-state index in [2.05, 4.69) is 11.9 Å². The molecule has 0 unspecified atom stereocenters. The van der Waals surface area contributed by atoms with Crippen LogP contribution in [0.2, 0.25) is 0 Å². The van der Waals surface area contributed by atoms with Crippen molar-refractivity contribution < 1.29 is 9.47 Å². The number of rotatable bonds is 2. The predicted molar refractivity (Wildman–Crippen MR) is 46.1 cm³/mol. The van der Waals surface area contributed by atoms with Crippen molar-refractivity contribution in [1.29, 1.82) is 0 Å². The van der Waals surface area contributed by atoms with Crippen LogP contribution in [0.25, 0.3) is 0 Å². The summed E-state index contributed by atoms with van der Waals surface area (Å²) in [4.78, 5) is 2.17. The van der Waals surface area contributed by atoms with Crippen molar-refractivity contribution in [3.05, 3.63) is 0 Å². The van der Waals surface area contributed by atoms with Crippen LogP contribution in [0.4, 0.5) is 0 Å². The topological polar surface area (TPSA) is 21.7 Å². The van der Waals surface area contributed by atoms with Crippen LogP contribution in [0.1, 0.15) is 6.92 Å². The quantitative estimate of drug-likeness (QED) is 0.627. The molecule has 11 heavy (non-hydrogen) atoms. The van der Waals surface area contributed by atoms with Crippen LogP contribution in [0.3, 0.4) is 0 Å². The second-order valence-electron chi connectivity index (χ2n) is 2.47. The van der Waals surface area contributed by atoms with Gasteiger partial charge in [-0.1, -0.05) is 0 Å². The molecule has 1 atom stereocenters. The molecule has 0 radical (unpaired) electrons. The summed E-state index contributed by atoms with van der Waals surface area (Å²) in [5, 5.41) is 0. The minimum absolute atomic E-state index is 0. The summed E-state index contributed by atoms with van der Waals surface area (Å²) in [6.07, 6.45) is 0.179. The molecule has 0 aliphatic carbocycles. The Kier molecular flexibility index (Phi) is 5.86. The zero-order valence-electron chi connectivity index (χ0n) is 7.08. The van der Waals surface area contributed by atoms with E-state index >= 15 is 0 Å². The average Bonchev–Trinajstić information content (AvgIpc) is 1.94. The van der Waals surface area contributed by atoms with E-state index in [9.17, 15) is 0 Å². The van der Waals surface area contributed by atoms with Crippen LogP contribution in [0.15, 0.2) is 0 Å². The largest absolute Gasteiger partial charge is 0.376 e. The molecule has 0 aromatic heterocycles. The van der Waals surface area contributed by atoms with Gasteiger partial charge in [0.15, 0.2) is 0 Å². The fraction of sp³-hybridized carbons (Fsp3) is 1.00. The van der Waals surface area contributed by atoms with E-state index in [-0.39, 0.29) is 18.6 Å². The number of halogens is 1. The molecule has 3 nitrogen and oxygen atoms in total. The number of hydrogen-bond acceptors (Lipinski definition) is 3. The maximum atomic E-state index is 5.40. The van der Waals surface area contributed by atoms with E-state index in [1.807, 2.05) is 6.92 Å². The fourth-order valence-electron chi connectivity index (χ4n) is 1.03. The molecule has 1 heterocycles. The Morgan fingerprint density at radius 2 is 2.36 bits per heavy atom. The van der Waals surface area contributed by atoms with Gasteiger partial charge in [-0.3, -0.25) is 4.90 Å². The molecular weight excluding hydrogens is 166 g/mol. The van der Waals surface area contributed by atoms with Gasteiger partial charge in [-0.05, 0) is 14.0 Å². The molecule has 1 fully saturated rings. The number of morpholine rings is 1. The van der Waals surface area contributed by atoms with Crippen LogP contribution in [-0.2, 0) is 9.47 Å². The van der Waals surface area contributed by atoms with Gasteiger partial charge in [0.1, 0.15) is 6.23 Å². The molecule has 0 bridgehead atoms. The second-order valence-corrected chi connectivity index (χ2v) is 2.47. The van der Waals surface area contributed by atoms with Gasteiger partial charge in [-0.25, -0.2) is 0 Å². The van der Waals surface area contributed by atoms with E-state index in [4.69, 9.17) is 9.47 Å². The summed E-state index contributed by atoms with van der Waals surface area (Å²) in [5.41, 5.74) is 0. The van der Waals surface area contributed by atoms with Crippen molar-refractivity contribution in [2.24, 2.45) is 0 Å². The van der Waals surface area contributed by atoms with E-state index in [0.717, 1.165) is 19.8 Å². The highest BCUT2D eigenvalue weighted by atomic mass is 35.5. The smallest absolute Gasteiger partial charge is 0.134 e. The Labute approximate surface area is 74.1 Å². The monoisotopic (exact) mass is 181 g/mol. The highest BCUT2D eigenvalue weighted by Crippen LogP contribution is 2.04. The Hall–Kier alpha value is 0.170. The third-order valence-electron chi connectivity index (χ3n) is 1.70. The highest BCUT2D eigenvalue weighted by molar-refractivity contribution is 5.85. The molecule has 1 saturated heterocycles. The molecule has 0 aromatic carbocycles. The van der Waals surface area contributed by atoms with E-state index in [1.165, 1.54) is 0 Å². The van der Waals surface area contributed by atoms with Crippen molar-refractivity contribution in [2.75, 3.05) is 33.4 Å². The molecule has 0 amide bonds. The molecule has 0 saturated carbocycles. The van der Waals surface area contributed by atoms with Crippen LogP contribution in [-0.4, -0.2) is 44.5 Å². The second kappa shape index (κ2) is 5.77. The van der Waals surface area contributed by atoms with Crippen molar-refractivity contribution in [2.45, 2.75) is 13.2 Å². The van der Waals surface area contributed by atoms with Gasteiger partial charge in [0, 0.05) is 13.2 Å². The molecule has 0 N–H and O–H groups in total. The molecular formula is C7H16ClNO2. The van der Waals surface area contributed by atoms with E-state index < -0.39 is 0 Å². The van der Waals surface area contributed by atoms with Crippen LogP contribution in [0.5, 0.6) is 0 Å². The molecule has 0 aromatic rings. The van der Waals surface area contributed by atoms with Gasteiger partial charge < -0.3 is 9.47 Å². The lowest BCUT2D eigenvalue weighted by Crippen LogP contribution is -2.44.